The van der Waals surface area contributed by atoms with Crippen molar-refractivity contribution in [2.75, 3.05) is 20.3 Å². The Bertz CT molecular complexity index is 513. The molecule has 0 saturated carbocycles. The standard InChI is InChI=1S/C14H18BrN3O/c1-19-7-6-16-8-12-9-17-18(10-12)11-13-4-2-3-5-14(13)15/h2-5,9-10,16H,6-8,11H2,1H3. The molecule has 0 fully saturated rings. The molecule has 1 aromatic heterocycles. The van der Waals surface area contributed by atoms with Crippen LogP contribution in [-0.2, 0) is 17.8 Å². The summed E-state index contributed by atoms with van der Waals surface area (Å²) >= 11 is 3.55. The van der Waals surface area contributed by atoms with Gasteiger partial charge in [-0.25, -0.2) is 0 Å². The molecule has 0 amide bonds. The molecule has 19 heavy (non-hydrogen) atoms. The first-order valence-corrected chi connectivity index (χ1v) is 7.03. The van der Waals surface area contributed by atoms with Gasteiger partial charge in [-0.15, -0.1) is 0 Å². The second kappa shape index (κ2) is 7.43. The molecule has 1 heterocycles. The molecule has 5 heteroatoms. The zero-order valence-corrected chi connectivity index (χ0v) is 12.6. The molecule has 1 aromatic carbocycles. The first-order chi connectivity index (χ1) is 9.29. The van der Waals surface area contributed by atoms with Crippen molar-refractivity contribution in [2.45, 2.75) is 13.1 Å². The van der Waals surface area contributed by atoms with Crippen molar-refractivity contribution in [1.82, 2.24) is 15.1 Å². The number of ether oxygens (including phenoxy) is 1. The lowest BCUT2D eigenvalue weighted by molar-refractivity contribution is 0.199. The van der Waals surface area contributed by atoms with Crippen LogP contribution in [0, 0.1) is 0 Å². The molecule has 0 aliphatic rings. The van der Waals surface area contributed by atoms with Crippen LogP contribution in [0.15, 0.2) is 41.1 Å². The average molecular weight is 324 g/mol. The number of hydrogen-bond acceptors (Lipinski definition) is 3. The molecule has 0 aliphatic carbocycles. The van der Waals surface area contributed by atoms with E-state index in [2.05, 4.69) is 38.6 Å². The Hall–Kier alpha value is -1.17. The number of hydrogen-bond donors (Lipinski definition) is 1. The quantitative estimate of drug-likeness (QED) is 0.795. The summed E-state index contributed by atoms with van der Waals surface area (Å²) in [5.41, 5.74) is 2.41. The largest absolute Gasteiger partial charge is 0.383 e. The highest BCUT2D eigenvalue weighted by Gasteiger charge is 2.02. The Morgan fingerprint density at radius 3 is 3.00 bits per heavy atom. The van der Waals surface area contributed by atoms with Crippen molar-refractivity contribution < 1.29 is 4.74 Å². The van der Waals surface area contributed by atoms with Gasteiger partial charge in [0.25, 0.3) is 0 Å². The molecular formula is C14H18BrN3O. The van der Waals surface area contributed by atoms with Crippen LogP contribution in [0.25, 0.3) is 0 Å². The summed E-state index contributed by atoms with van der Waals surface area (Å²) in [6, 6.07) is 8.20. The highest BCUT2D eigenvalue weighted by atomic mass is 79.9. The summed E-state index contributed by atoms with van der Waals surface area (Å²) in [5, 5.41) is 7.68. The fourth-order valence-electron chi connectivity index (χ4n) is 1.79. The predicted octanol–water partition coefficient (Wildman–Crippen LogP) is 2.43. The average Bonchev–Trinajstić information content (AvgIpc) is 2.85. The summed E-state index contributed by atoms with van der Waals surface area (Å²) in [7, 11) is 1.71. The highest BCUT2D eigenvalue weighted by Crippen LogP contribution is 2.16. The van der Waals surface area contributed by atoms with E-state index < -0.39 is 0 Å². The van der Waals surface area contributed by atoms with Gasteiger partial charge in [0.1, 0.15) is 0 Å². The molecule has 1 N–H and O–H groups in total. The van der Waals surface area contributed by atoms with E-state index in [0.29, 0.717) is 0 Å². The first kappa shape index (κ1) is 14.2. The van der Waals surface area contributed by atoms with Gasteiger partial charge >= 0.3 is 0 Å². The summed E-state index contributed by atoms with van der Waals surface area (Å²) in [6.07, 6.45) is 3.97. The summed E-state index contributed by atoms with van der Waals surface area (Å²) in [5.74, 6) is 0. The number of nitrogens with one attached hydrogen (secondary N) is 1. The lowest BCUT2D eigenvalue weighted by Crippen LogP contribution is -2.18. The van der Waals surface area contributed by atoms with Crippen LogP contribution in [0.4, 0.5) is 0 Å². The van der Waals surface area contributed by atoms with Gasteiger partial charge in [0.15, 0.2) is 0 Å². The van der Waals surface area contributed by atoms with Gasteiger partial charge in [0.05, 0.1) is 19.3 Å². The third kappa shape index (κ3) is 4.45. The zero-order valence-electron chi connectivity index (χ0n) is 11.0. The normalized spacial score (nSPS) is 10.8. The smallest absolute Gasteiger partial charge is 0.0670 e. The minimum atomic E-state index is 0.727. The fraction of sp³-hybridized carbons (Fsp3) is 0.357. The molecular weight excluding hydrogens is 306 g/mol. The van der Waals surface area contributed by atoms with E-state index in [-0.39, 0.29) is 0 Å². The summed E-state index contributed by atoms with van der Waals surface area (Å²) in [6.45, 7) is 3.18. The van der Waals surface area contributed by atoms with Gasteiger partial charge in [-0.3, -0.25) is 4.68 Å². The molecule has 4 nitrogen and oxygen atoms in total. The Morgan fingerprint density at radius 1 is 1.37 bits per heavy atom. The monoisotopic (exact) mass is 323 g/mol. The van der Waals surface area contributed by atoms with Gasteiger partial charge in [-0.05, 0) is 11.6 Å². The first-order valence-electron chi connectivity index (χ1n) is 6.24. The Labute approximate surface area is 121 Å². The Morgan fingerprint density at radius 2 is 2.21 bits per heavy atom. The van der Waals surface area contributed by atoms with E-state index in [1.807, 2.05) is 29.1 Å². The van der Waals surface area contributed by atoms with Crippen LogP contribution in [0.1, 0.15) is 11.1 Å². The van der Waals surface area contributed by atoms with Crippen LogP contribution < -0.4 is 5.32 Å². The lowest BCUT2D eigenvalue weighted by atomic mass is 10.2. The number of aromatic nitrogens is 2. The van der Waals surface area contributed by atoms with Gasteiger partial charge in [0, 0.05) is 36.4 Å². The minimum absolute atomic E-state index is 0.727. The van der Waals surface area contributed by atoms with E-state index >= 15 is 0 Å². The van der Waals surface area contributed by atoms with Crippen LogP contribution in [-0.4, -0.2) is 30.0 Å². The van der Waals surface area contributed by atoms with Crippen LogP contribution in [0.2, 0.25) is 0 Å². The Balaban J connectivity index is 1.89. The number of rotatable bonds is 7. The molecule has 0 unspecified atom stereocenters. The van der Waals surface area contributed by atoms with Crippen LogP contribution in [0.3, 0.4) is 0 Å². The van der Waals surface area contributed by atoms with E-state index in [0.717, 1.165) is 30.7 Å². The molecule has 0 bridgehead atoms. The van der Waals surface area contributed by atoms with E-state index in [1.54, 1.807) is 7.11 Å². The predicted molar refractivity (Wildman–Crippen MR) is 79.1 cm³/mol. The van der Waals surface area contributed by atoms with Gasteiger partial charge in [0.2, 0.25) is 0 Å². The molecule has 0 atom stereocenters. The van der Waals surface area contributed by atoms with Crippen LogP contribution >= 0.6 is 15.9 Å². The maximum Gasteiger partial charge on any atom is 0.0670 e. The molecule has 0 saturated heterocycles. The van der Waals surface area contributed by atoms with Gasteiger partial charge < -0.3 is 10.1 Å². The molecule has 0 aliphatic heterocycles. The van der Waals surface area contributed by atoms with Crippen molar-refractivity contribution in [3.8, 4) is 0 Å². The maximum atomic E-state index is 4.99. The second-order valence-corrected chi connectivity index (χ2v) is 5.16. The summed E-state index contributed by atoms with van der Waals surface area (Å²) < 4.78 is 8.06. The Kier molecular flexibility index (Phi) is 5.57. The van der Waals surface area contributed by atoms with Gasteiger partial charge in [-0.1, -0.05) is 34.1 Å². The minimum Gasteiger partial charge on any atom is -0.383 e. The SMILES string of the molecule is COCCNCc1cnn(Cc2ccccc2Br)c1. The topological polar surface area (TPSA) is 39.1 Å². The fourth-order valence-corrected chi connectivity index (χ4v) is 2.20. The van der Waals surface area contributed by atoms with Crippen molar-refractivity contribution in [3.05, 3.63) is 52.3 Å². The zero-order chi connectivity index (χ0) is 13.5. The molecule has 102 valence electrons. The molecule has 2 aromatic rings. The molecule has 0 radical (unpaired) electrons. The summed E-state index contributed by atoms with van der Waals surface area (Å²) in [4.78, 5) is 0. The third-order valence-corrected chi connectivity index (χ3v) is 3.56. The van der Waals surface area contributed by atoms with Crippen molar-refractivity contribution in [1.29, 1.82) is 0 Å². The molecule has 0 spiro atoms. The number of halogens is 1. The number of benzene rings is 1. The highest BCUT2D eigenvalue weighted by molar-refractivity contribution is 9.10. The van der Waals surface area contributed by atoms with E-state index in [1.165, 1.54) is 11.1 Å². The van der Waals surface area contributed by atoms with Crippen molar-refractivity contribution >= 4 is 15.9 Å². The molecule has 2 rings (SSSR count). The van der Waals surface area contributed by atoms with Crippen molar-refractivity contribution in [3.63, 3.8) is 0 Å². The van der Waals surface area contributed by atoms with E-state index in [9.17, 15) is 0 Å². The third-order valence-electron chi connectivity index (χ3n) is 2.79. The lowest BCUT2D eigenvalue weighted by Gasteiger charge is -2.04. The van der Waals surface area contributed by atoms with Crippen molar-refractivity contribution in [2.24, 2.45) is 0 Å². The van der Waals surface area contributed by atoms with Gasteiger partial charge in [-0.2, -0.15) is 5.10 Å². The number of methoxy groups -OCH3 is 1. The second-order valence-electron chi connectivity index (χ2n) is 4.31. The maximum absolute atomic E-state index is 4.99. The van der Waals surface area contributed by atoms with E-state index in [4.69, 9.17) is 4.74 Å². The number of nitrogens with zero attached hydrogens (tertiary/aromatic N) is 2. The van der Waals surface area contributed by atoms with Crippen LogP contribution in [0.5, 0.6) is 0 Å².